The lowest BCUT2D eigenvalue weighted by Crippen LogP contribution is -2.29. The molecule has 154 valence electrons. The summed E-state index contributed by atoms with van der Waals surface area (Å²) < 4.78 is 32.0. The van der Waals surface area contributed by atoms with Crippen LogP contribution in [0.1, 0.15) is 26.7 Å². The van der Waals surface area contributed by atoms with Crippen LogP contribution in [0.5, 0.6) is 0 Å². The number of H-pyrrole nitrogens is 1. The van der Waals surface area contributed by atoms with Crippen LogP contribution < -0.4 is 11.2 Å². The summed E-state index contributed by atoms with van der Waals surface area (Å²) in [5.41, 5.74) is -1.50. The first-order valence-electron chi connectivity index (χ1n) is 8.55. The minimum absolute atomic E-state index is 0.00928. The molecule has 0 bridgehead atoms. The fourth-order valence-electron chi connectivity index (χ4n) is 2.74. The van der Waals surface area contributed by atoms with E-state index in [9.17, 15) is 18.0 Å². The minimum Gasteiger partial charge on any atom is -0.361 e. The van der Waals surface area contributed by atoms with E-state index in [1.165, 1.54) is 35.0 Å². The quantitative estimate of drug-likeness (QED) is 0.594. The Hall–Kier alpha value is -1.61. The van der Waals surface area contributed by atoms with Crippen LogP contribution in [-0.4, -0.2) is 30.3 Å². The van der Waals surface area contributed by atoms with Gasteiger partial charge in [0.15, 0.2) is 9.84 Å². The molecular weight excluding hydrogens is 427 g/mol. The second-order valence-electron chi connectivity index (χ2n) is 7.25. The van der Waals surface area contributed by atoms with Gasteiger partial charge in [-0.25, -0.2) is 13.2 Å². The Labute approximate surface area is 173 Å². The number of aromatic amines is 1. The van der Waals surface area contributed by atoms with E-state index in [4.69, 9.17) is 27.9 Å². The lowest BCUT2D eigenvalue weighted by atomic mass is 9.90. The molecule has 0 atom stereocenters. The summed E-state index contributed by atoms with van der Waals surface area (Å²) in [6.45, 7) is 4.08. The van der Waals surface area contributed by atoms with Crippen LogP contribution >= 0.6 is 23.2 Å². The van der Waals surface area contributed by atoms with Crippen molar-refractivity contribution >= 4 is 33.0 Å². The van der Waals surface area contributed by atoms with Crippen LogP contribution in [0.3, 0.4) is 0 Å². The van der Waals surface area contributed by atoms with E-state index in [-0.39, 0.29) is 27.4 Å². The van der Waals surface area contributed by atoms with Gasteiger partial charge >= 0.3 is 5.69 Å². The van der Waals surface area contributed by atoms with Crippen LogP contribution in [0.2, 0.25) is 10.0 Å². The standard InChI is InChI=1S/C18H22Cl2N2O5S/c1-18(2,11-28(25,26)15-9-13(19)8-14(20)10-15)5-3-7-27-12-22-6-4-16(23)21-17(22)24/h4,6,8-10H,3,5,7,11-12H2,1-2H3,(H,21,23,24). The maximum absolute atomic E-state index is 12.7. The van der Waals surface area contributed by atoms with Gasteiger partial charge in [0.2, 0.25) is 0 Å². The highest BCUT2D eigenvalue weighted by Gasteiger charge is 2.27. The molecule has 0 aliphatic carbocycles. The van der Waals surface area contributed by atoms with E-state index < -0.39 is 26.5 Å². The third-order valence-corrected chi connectivity index (χ3v) is 6.60. The fraction of sp³-hybridized carbons (Fsp3) is 0.444. The van der Waals surface area contributed by atoms with Crippen LogP contribution in [0.15, 0.2) is 44.9 Å². The van der Waals surface area contributed by atoms with Crippen molar-refractivity contribution in [1.82, 2.24) is 9.55 Å². The van der Waals surface area contributed by atoms with Gasteiger partial charge in [-0.2, -0.15) is 0 Å². The van der Waals surface area contributed by atoms with Crippen LogP contribution in [-0.2, 0) is 21.3 Å². The Morgan fingerprint density at radius 2 is 1.79 bits per heavy atom. The van der Waals surface area contributed by atoms with Gasteiger partial charge in [0.1, 0.15) is 6.73 Å². The van der Waals surface area contributed by atoms with Crippen molar-refractivity contribution in [1.29, 1.82) is 0 Å². The van der Waals surface area contributed by atoms with Gasteiger partial charge in [-0.15, -0.1) is 0 Å². The number of nitrogens with one attached hydrogen (secondary N) is 1. The molecule has 0 fully saturated rings. The summed E-state index contributed by atoms with van der Waals surface area (Å²) in [4.78, 5) is 24.8. The number of halogens is 2. The molecule has 1 N–H and O–H groups in total. The van der Waals surface area contributed by atoms with Crippen molar-refractivity contribution in [3.05, 3.63) is 61.3 Å². The average Bonchev–Trinajstić information content (AvgIpc) is 2.54. The Bertz CT molecular complexity index is 1020. The van der Waals surface area contributed by atoms with E-state index in [0.717, 1.165) is 0 Å². The first-order chi connectivity index (χ1) is 13.0. The van der Waals surface area contributed by atoms with Gasteiger partial charge in [-0.3, -0.25) is 14.3 Å². The number of nitrogens with zero attached hydrogens (tertiary/aromatic N) is 1. The molecule has 0 unspecified atom stereocenters. The van der Waals surface area contributed by atoms with Crippen molar-refractivity contribution in [3.8, 4) is 0 Å². The van der Waals surface area contributed by atoms with Crippen LogP contribution in [0.25, 0.3) is 0 Å². The average molecular weight is 449 g/mol. The fourth-order valence-corrected chi connectivity index (χ4v) is 5.35. The number of hydrogen-bond donors (Lipinski definition) is 1. The first-order valence-corrected chi connectivity index (χ1v) is 11.0. The van der Waals surface area contributed by atoms with Gasteiger partial charge in [0, 0.05) is 28.9 Å². The van der Waals surface area contributed by atoms with E-state index in [0.29, 0.717) is 19.4 Å². The van der Waals surface area contributed by atoms with Crippen molar-refractivity contribution in [3.63, 3.8) is 0 Å². The molecule has 0 saturated heterocycles. The van der Waals surface area contributed by atoms with Gasteiger partial charge in [-0.1, -0.05) is 37.0 Å². The molecule has 0 radical (unpaired) electrons. The third-order valence-electron chi connectivity index (χ3n) is 4.05. The smallest absolute Gasteiger partial charge is 0.330 e. The summed E-state index contributed by atoms with van der Waals surface area (Å²) >= 11 is 11.8. The molecule has 0 spiro atoms. The molecule has 0 aliphatic rings. The van der Waals surface area contributed by atoms with Crippen molar-refractivity contribution < 1.29 is 13.2 Å². The third kappa shape index (κ3) is 6.77. The molecule has 1 heterocycles. The molecular formula is C18H22Cl2N2O5S. The minimum atomic E-state index is -3.55. The summed E-state index contributed by atoms with van der Waals surface area (Å²) in [7, 11) is -3.55. The summed E-state index contributed by atoms with van der Waals surface area (Å²) in [5, 5.41) is 0.546. The van der Waals surface area contributed by atoms with E-state index in [1.807, 2.05) is 13.8 Å². The molecule has 0 saturated carbocycles. The van der Waals surface area contributed by atoms with Gasteiger partial charge < -0.3 is 4.74 Å². The lowest BCUT2D eigenvalue weighted by Gasteiger charge is -2.24. The van der Waals surface area contributed by atoms with Crippen LogP contribution in [0.4, 0.5) is 0 Å². The molecule has 1 aromatic carbocycles. The number of benzene rings is 1. The molecule has 28 heavy (non-hydrogen) atoms. The van der Waals surface area contributed by atoms with E-state index in [1.54, 1.807) is 0 Å². The zero-order chi connectivity index (χ0) is 20.9. The largest absolute Gasteiger partial charge is 0.361 e. The lowest BCUT2D eigenvalue weighted by molar-refractivity contribution is 0.0663. The predicted octanol–water partition coefficient (Wildman–Crippen LogP) is 3.10. The molecule has 1 aromatic heterocycles. The van der Waals surface area contributed by atoms with Crippen molar-refractivity contribution in [2.24, 2.45) is 5.41 Å². The van der Waals surface area contributed by atoms with E-state index in [2.05, 4.69) is 4.98 Å². The maximum Gasteiger partial charge on any atom is 0.330 e. The molecule has 7 nitrogen and oxygen atoms in total. The van der Waals surface area contributed by atoms with Gasteiger partial charge in [0.25, 0.3) is 5.56 Å². The number of rotatable bonds is 9. The highest BCUT2D eigenvalue weighted by molar-refractivity contribution is 7.91. The van der Waals surface area contributed by atoms with Gasteiger partial charge in [-0.05, 0) is 36.5 Å². The van der Waals surface area contributed by atoms with Crippen molar-refractivity contribution in [2.45, 2.75) is 38.3 Å². The second kappa shape index (κ2) is 9.26. The summed E-state index contributed by atoms with van der Waals surface area (Å²) in [6.07, 6.45) is 2.56. The zero-order valence-corrected chi connectivity index (χ0v) is 17.9. The highest BCUT2D eigenvalue weighted by atomic mass is 35.5. The van der Waals surface area contributed by atoms with Crippen LogP contribution in [0, 0.1) is 5.41 Å². The van der Waals surface area contributed by atoms with Gasteiger partial charge in [0.05, 0.1) is 10.6 Å². The predicted molar refractivity (Wildman–Crippen MR) is 109 cm³/mol. The molecule has 2 aromatic rings. The SMILES string of the molecule is CC(C)(CCCOCn1ccc(=O)[nH]c1=O)CS(=O)(=O)c1cc(Cl)cc(Cl)c1. The topological polar surface area (TPSA) is 98.2 Å². The number of hydrogen-bond acceptors (Lipinski definition) is 5. The monoisotopic (exact) mass is 448 g/mol. The zero-order valence-electron chi connectivity index (χ0n) is 15.6. The maximum atomic E-state index is 12.7. The number of sulfone groups is 1. The Morgan fingerprint density at radius 1 is 1.14 bits per heavy atom. The molecule has 10 heteroatoms. The molecule has 2 rings (SSSR count). The summed E-state index contributed by atoms with van der Waals surface area (Å²) in [6, 6.07) is 5.51. The molecule has 0 amide bonds. The Kier molecular flexibility index (Phi) is 7.50. The van der Waals surface area contributed by atoms with Crippen molar-refractivity contribution in [2.75, 3.05) is 12.4 Å². The number of ether oxygens (including phenoxy) is 1. The first kappa shape index (κ1) is 22.7. The number of aromatic nitrogens is 2. The second-order valence-corrected chi connectivity index (χ2v) is 10.1. The summed E-state index contributed by atoms with van der Waals surface area (Å²) in [5.74, 6) is -0.0595. The molecule has 0 aliphatic heterocycles. The highest BCUT2D eigenvalue weighted by Crippen LogP contribution is 2.30. The van der Waals surface area contributed by atoms with E-state index >= 15 is 0 Å². The Balaban J connectivity index is 1.87. The normalized spacial score (nSPS) is 12.3. The Morgan fingerprint density at radius 3 is 2.39 bits per heavy atom.